The first-order valence-electron chi connectivity index (χ1n) is 9.64. The topological polar surface area (TPSA) is 56.7 Å². The molecule has 0 bridgehead atoms. The first kappa shape index (κ1) is 18.6. The van der Waals surface area contributed by atoms with Crippen LogP contribution in [0.2, 0.25) is 0 Å². The van der Waals surface area contributed by atoms with Crippen molar-refractivity contribution >= 4 is 22.6 Å². The van der Waals surface area contributed by atoms with Gasteiger partial charge < -0.3 is 10.0 Å². The Morgan fingerprint density at radius 3 is 2.58 bits per heavy atom. The number of carboxylic acid groups (broad SMARTS) is 1. The molecule has 1 aliphatic rings. The summed E-state index contributed by atoms with van der Waals surface area (Å²) < 4.78 is 0. The molecule has 0 aliphatic carbocycles. The smallest absolute Gasteiger partial charge is 0.317 e. The molecule has 2 aromatic rings. The maximum Gasteiger partial charge on any atom is 0.317 e. The number of fused-ring (bicyclic) bond motifs is 1. The molecule has 1 aliphatic heterocycles. The van der Waals surface area contributed by atoms with Crippen LogP contribution in [0.3, 0.4) is 0 Å². The van der Waals surface area contributed by atoms with Crippen LogP contribution >= 0.6 is 0 Å². The normalized spacial score (nSPS) is 15.8. The van der Waals surface area contributed by atoms with Crippen molar-refractivity contribution in [2.24, 2.45) is 0 Å². The third-order valence-electron chi connectivity index (χ3n) is 5.57. The predicted octanol–water partition coefficient (Wildman–Crippen LogP) is 3.48. The van der Waals surface area contributed by atoms with Gasteiger partial charge in [-0.2, -0.15) is 0 Å². The molecule has 0 spiro atoms. The molecular formula is C21H29N3O2. The molecule has 0 radical (unpaired) electrons. The first-order chi connectivity index (χ1) is 12.5. The third-order valence-corrected chi connectivity index (χ3v) is 5.57. The maximum absolute atomic E-state index is 11.1. The second-order valence-electron chi connectivity index (χ2n) is 7.07. The lowest BCUT2D eigenvalue weighted by atomic mass is 9.98. The highest BCUT2D eigenvalue weighted by Crippen LogP contribution is 2.34. The minimum Gasteiger partial charge on any atom is -0.480 e. The second kappa shape index (κ2) is 8.04. The van der Waals surface area contributed by atoms with Crippen LogP contribution in [0.1, 0.15) is 37.9 Å². The standard InChI is InChI=1S/C21H29N3O2/c1-4-17-15(3)22-19-9-7-6-8-18(19)21(17)24-12-10-16(11-13-24)23(5-2)14-20(25)26/h6-9,16H,4-5,10-14H2,1-3H3,(H,25,26). The van der Waals surface area contributed by atoms with E-state index >= 15 is 0 Å². The summed E-state index contributed by atoms with van der Waals surface area (Å²) in [4.78, 5) is 20.5. The number of aliphatic carboxylic acids is 1. The minimum atomic E-state index is -0.738. The van der Waals surface area contributed by atoms with E-state index in [0.29, 0.717) is 6.04 Å². The number of hydrogen-bond acceptors (Lipinski definition) is 4. The van der Waals surface area contributed by atoms with Crippen LogP contribution < -0.4 is 4.90 Å². The molecule has 1 fully saturated rings. The molecule has 0 atom stereocenters. The van der Waals surface area contributed by atoms with Gasteiger partial charge in [-0.3, -0.25) is 14.7 Å². The van der Waals surface area contributed by atoms with Crippen molar-refractivity contribution in [2.75, 3.05) is 31.1 Å². The molecule has 140 valence electrons. The summed E-state index contributed by atoms with van der Waals surface area (Å²) >= 11 is 0. The van der Waals surface area contributed by atoms with Crippen molar-refractivity contribution in [3.8, 4) is 0 Å². The van der Waals surface area contributed by atoms with Crippen molar-refractivity contribution in [2.45, 2.75) is 46.1 Å². The predicted molar refractivity (Wildman–Crippen MR) is 106 cm³/mol. The van der Waals surface area contributed by atoms with Crippen molar-refractivity contribution in [3.05, 3.63) is 35.5 Å². The molecule has 0 saturated carbocycles. The van der Waals surface area contributed by atoms with Gasteiger partial charge in [-0.25, -0.2) is 0 Å². The van der Waals surface area contributed by atoms with Gasteiger partial charge in [0.25, 0.3) is 0 Å². The molecule has 5 heteroatoms. The number of benzene rings is 1. The van der Waals surface area contributed by atoms with Gasteiger partial charge in [0.15, 0.2) is 0 Å². The summed E-state index contributed by atoms with van der Waals surface area (Å²) in [5.41, 5.74) is 4.83. The van der Waals surface area contributed by atoms with Crippen molar-refractivity contribution in [3.63, 3.8) is 0 Å². The van der Waals surface area contributed by atoms with Gasteiger partial charge in [-0.05, 0) is 44.4 Å². The summed E-state index contributed by atoms with van der Waals surface area (Å²) in [6.45, 7) is 9.19. The fourth-order valence-corrected chi connectivity index (χ4v) is 4.27. The highest BCUT2D eigenvalue weighted by Gasteiger charge is 2.27. The average Bonchev–Trinajstić information content (AvgIpc) is 2.65. The van der Waals surface area contributed by atoms with Gasteiger partial charge in [0.05, 0.1) is 17.7 Å². The third kappa shape index (κ3) is 3.68. The van der Waals surface area contributed by atoms with E-state index in [-0.39, 0.29) is 6.54 Å². The number of aromatic nitrogens is 1. The minimum absolute atomic E-state index is 0.138. The van der Waals surface area contributed by atoms with E-state index in [1.54, 1.807) is 0 Å². The van der Waals surface area contributed by atoms with E-state index in [0.717, 1.165) is 50.1 Å². The Hall–Kier alpha value is -2.14. The molecule has 26 heavy (non-hydrogen) atoms. The van der Waals surface area contributed by atoms with E-state index in [4.69, 9.17) is 10.1 Å². The summed E-state index contributed by atoms with van der Waals surface area (Å²) in [6.07, 6.45) is 2.97. The van der Waals surface area contributed by atoms with E-state index in [1.807, 2.05) is 13.0 Å². The average molecular weight is 355 g/mol. The molecule has 1 saturated heterocycles. The van der Waals surface area contributed by atoms with Gasteiger partial charge in [0.1, 0.15) is 0 Å². The highest BCUT2D eigenvalue weighted by atomic mass is 16.4. The lowest BCUT2D eigenvalue weighted by molar-refractivity contribution is -0.139. The number of anilines is 1. The van der Waals surface area contributed by atoms with Gasteiger partial charge in [-0.15, -0.1) is 0 Å². The number of pyridine rings is 1. The molecule has 1 aromatic heterocycles. The fourth-order valence-electron chi connectivity index (χ4n) is 4.27. The molecule has 0 unspecified atom stereocenters. The Morgan fingerprint density at radius 1 is 1.27 bits per heavy atom. The molecule has 1 N–H and O–H groups in total. The largest absolute Gasteiger partial charge is 0.480 e. The Balaban J connectivity index is 1.86. The van der Waals surface area contributed by atoms with Crippen LogP contribution in [0.15, 0.2) is 24.3 Å². The Kier molecular flexibility index (Phi) is 5.77. The van der Waals surface area contributed by atoms with E-state index < -0.39 is 5.97 Å². The molecule has 1 aromatic carbocycles. The number of carboxylic acids is 1. The first-order valence-corrected chi connectivity index (χ1v) is 9.64. The summed E-state index contributed by atoms with van der Waals surface area (Å²) in [5.74, 6) is -0.738. The molecular weight excluding hydrogens is 326 g/mol. The lowest BCUT2D eigenvalue weighted by Crippen LogP contribution is -2.46. The van der Waals surface area contributed by atoms with Gasteiger partial charge in [-0.1, -0.05) is 32.0 Å². The number of para-hydroxylation sites is 1. The van der Waals surface area contributed by atoms with Gasteiger partial charge in [0.2, 0.25) is 0 Å². The summed E-state index contributed by atoms with van der Waals surface area (Å²) in [5, 5.41) is 10.4. The maximum atomic E-state index is 11.1. The van der Waals surface area contributed by atoms with Crippen LogP contribution in [-0.2, 0) is 11.2 Å². The summed E-state index contributed by atoms with van der Waals surface area (Å²) in [6, 6.07) is 8.74. The lowest BCUT2D eigenvalue weighted by Gasteiger charge is -2.39. The summed E-state index contributed by atoms with van der Waals surface area (Å²) in [7, 11) is 0. The second-order valence-corrected chi connectivity index (χ2v) is 7.07. The number of likely N-dealkylation sites (N-methyl/N-ethyl adjacent to an activating group) is 1. The number of carbonyl (C=O) groups is 1. The number of aryl methyl sites for hydroxylation is 1. The molecule has 3 rings (SSSR count). The van der Waals surface area contributed by atoms with Gasteiger partial charge in [0, 0.05) is 30.2 Å². The highest BCUT2D eigenvalue weighted by molar-refractivity contribution is 5.94. The molecule has 0 amide bonds. The Labute approximate surface area is 155 Å². The van der Waals surface area contributed by atoms with Crippen LogP contribution in [0.5, 0.6) is 0 Å². The number of rotatable bonds is 6. The van der Waals surface area contributed by atoms with E-state index in [1.165, 1.54) is 16.6 Å². The van der Waals surface area contributed by atoms with E-state index in [9.17, 15) is 4.79 Å². The molecule has 2 heterocycles. The number of piperidine rings is 1. The van der Waals surface area contributed by atoms with Crippen LogP contribution in [0, 0.1) is 6.92 Å². The van der Waals surface area contributed by atoms with Crippen molar-refractivity contribution in [1.29, 1.82) is 0 Å². The number of nitrogens with zero attached hydrogens (tertiary/aromatic N) is 3. The van der Waals surface area contributed by atoms with E-state index in [2.05, 4.69) is 41.8 Å². The zero-order valence-corrected chi connectivity index (χ0v) is 16.0. The van der Waals surface area contributed by atoms with Crippen molar-refractivity contribution in [1.82, 2.24) is 9.88 Å². The zero-order valence-electron chi connectivity index (χ0n) is 16.0. The SMILES string of the molecule is CCc1c(C)nc2ccccc2c1N1CCC(N(CC)CC(=O)O)CC1. The quantitative estimate of drug-likeness (QED) is 0.860. The number of hydrogen-bond donors (Lipinski definition) is 1. The van der Waals surface area contributed by atoms with Crippen molar-refractivity contribution < 1.29 is 9.90 Å². The van der Waals surface area contributed by atoms with Crippen LogP contribution in [0.25, 0.3) is 10.9 Å². The van der Waals surface area contributed by atoms with Crippen LogP contribution in [-0.4, -0.2) is 53.2 Å². The Morgan fingerprint density at radius 2 is 1.96 bits per heavy atom. The zero-order chi connectivity index (χ0) is 18.7. The molecule has 5 nitrogen and oxygen atoms in total. The van der Waals surface area contributed by atoms with Crippen LogP contribution in [0.4, 0.5) is 5.69 Å². The van der Waals surface area contributed by atoms with Gasteiger partial charge >= 0.3 is 5.97 Å². The monoisotopic (exact) mass is 355 g/mol. The Bertz CT molecular complexity index is 782. The fraction of sp³-hybridized carbons (Fsp3) is 0.524.